The Balaban J connectivity index is 2.71. The molecule has 0 aliphatic rings. The maximum atomic E-state index is 12.5. The average Bonchev–Trinajstić information content (AvgIpc) is 2.35. The van der Waals surface area contributed by atoms with Crippen LogP contribution in [-0.2, 0) is 22.7 Å². The van der Waals surface area contributed by atoms with E-state index in [1.54, 1.807) is 6.92 Å². The van der Waals surface area contributed by atoms with Gasteiger partial charge in [-0.25, -0.2) is 13.1 Å². The van der Waals surface area contributed by atoms with Crippen LogP contribution in [-0.4, -0.2) is 20.1 Å². The molecular formula is C12H15ClF3NO2S. The van der Waals surface area contributed by atoms with E-state index in [0.29, 0.717) is 0 Å². The highest BCUT2D eigenvalue weighted by Crippen LogP contribution is 2.29. The van der Waals surface area contributed by atoms with E-state index in [4.69, 9.17) is 11.6 Å². The van der Waals surface area contributed by atoms with Crippen molar-refractivity contribution in [3.63, 3.8) is 0 Å². The minimum absolute atomic E-state index is 0.157. The minimum atomic E-state index is -4.44. The molecule has 0 aliphatic heterocycles. The lowest BCUT2D eigenvalue weighted by Crippen LogP contribution is -2.29. The van der Waals surface area contributed by atoms with Crippen molar-refractivity contribution in [2.24, 2.45) is 5.92 Å². The van der Waals surface area contributed by atoms with Gasteiger partial charge in [0.2, 0.25) is 10.0 Å². The zero-order chi connectivity index (χ0) is 15.4. The first-order valence-corrected chi connectivity index (χ1v) is 8.02. The van der Waals surface area contributed by atoms with Crippen molar-refractivity contribution < 1.29 is 21.6 Å². The van der Waals surface area contributed by atoms with Crippen molar-refractivity contribution in [3.8, 4) is 0 Å². The summed E-state index contributed by atoms with van der Waals surface area (Å²) < 4.78 is 63.1. The van der Waals surface area contributed by atoms with Gasteiger partial charge in [-0.05, 0) is 17.5 Å². The van der Waals surface area contributed by atoms with Gasteiger partial charge >= 0.3 is 6.18 Å². The van der Waals surface area contributed by atoms with E-state index in [1.807, 2.05) is 0 Å². The van der Waals surface area contributed by atoms with Crippen LogP contribution >= 0.6 is 11.6 Å². The van der Waals surface area contributed by atoms with E-state index >= 15 is 0 Å². The van der Waals surface area contributed by atoms with Crippen molar-refractivity contribution in [3.05, 3.63) is 35.4 Å². The molecule has 0 amide bonds. The Kier molecular flexibility index (Phi) is 5.85. The van der Waals surface area contributed by atoms with Gasteiger partial charge in [0, 0.05) is 12.4 Å². The van der Waals surface area contributed by atoms with Gasteiger partial charge in [-0.15, -0.1) is 11.6 Å². The number of benzene rings is 1. The van der Waals surface area contributed by atoms with Crippen LogP contribution in [0.15, 0.2) is 24.3 Å². The average molecular weight is 330 g/mol. The summed E-state index contributed by atoms with van der Waals surface area (Å²) in [5, 5.41) is 0. The third kappa shape index (κ3) is 5.68. The van der Waals surface area contributed by atoms with Crippen molar-refractivity contribution >= 4 is 21.6 Å². The highest BCUT2D eigenvalue weighted by molar-refractivity contribution is 7.89. The topological polar surface area (TPSA) is 46.2 Å². The molecular weight excluding hydrogens is 315 g/mol. The van der Waals surface area contributed by atoms with Gasteiger partial charge < -0.3 is 0 Å². The molecule has 1 atom stereocenters. The summed E-state index contributed by atoms with van der Waals surface area (Å²) in [6.07, 6.45) is -4.44. The van der Waals surface area contributed by atoms with Crippen LogP contribution < -0.4 is 4.72 Å². The zero-order valence-corrected chi connectivity index (χ0v) is 12.3. The molecule has 1 N–H and O–H groups in total. The van der Waals surface area contributed by atoms with Crippen molar-refractivity contribution in [2.75, 3.05) is 11.6 Å². The van der Waals surface area contributed by atoms with Crippen molar-refractivity contribution in [2.45, 2.75) is 19.6 Å². The first-order chi connectivity index (χ1) is 9.14. The van der Waals surface area contributed by atoms with Crippen molar-refractivity contribution in [1.82, 2.24) is 4.72 Å². The summed E-state index contributed by atoms with van der Waals surface area (Å²) in [7, 11) is -3.56. The van der Waals surface area contributed by atoms with Crippen LogP contribution in [0.25, 0.3) is 0 Å². The highest BCUT2D eigenvalue weighted by Gasteiger charge is 2.30. The Bertz CT molecular complexity index is 546. The van der Waals surface area contributed by atoms with Gasteiger partial charge in [0.15, 0.2) is 0 Å². The lowest BCUT2D eigenvalue weighted by atomic mass is 10.1. The predicted molar refractivity (Wildman–Crippen MR) is 72.0 cm³/mol. The van der Waals surface area contributed by atoms with Crippen LogP contribution in [0.4, 0.5) is 13.2 Å². The summed E-state index contributed by atoms with van der Waals surface area (Å²) in [6.45, 7) is 1.50. The second kappa shape index (κ2) is 6.78. The van der Waals surface area contributed by atoms with Crippen LogP contribution in [0.2, 0.25) is 0 Å². The molecule has 0 saturated carbocycles. The fourth-order valence-corrected chi connectivity index (χ4v) is 3.14. The molecule has 0 bridgehead atoms. The lowest BCUT2D eigenvalue weighted by Gasteiger charge is -2.11. The second-order valence-corrected chi connectivity index (χ2v) is 6.72. The molecule has 0 radical (unpaired) electrons. The Morgan fingerprint density at radius 3 is 2.55 bits per heavy atom. The third-order valence-electron chi connectivity index (χ3n) is 2.52. The molecule has 0 aliphatic carbocycles. The number of nitrogens with one attached hydrogen (secondary N) is 1. The number of rotatable bonds is 6. The maximum Gasteiger partial charge on any atom is 0.416 e. The molecule has 0 saturated heterocycles. The number of halogens is 4. The van der Waals surface area contributed by atoms with Gasteiger partial charge in [0.25, 0.3) is 0 Å². The number of hydrogen-bond donors (Lipinski definition) is 1. The highest BCUT2D eigenvalue weighted by atomic mass is 35.5. The number of sulfonamides is 1. The van der Waals surface area contributed by atoms with Crippen molar-refractivity contribution in [1.29, 1.82) is 0 Å². The molecule has 1 rings (SSSR count). The van der Waals surface area contributed by atoms with E-state index in [0.717, 1.165) is 12.1 Å². The molecule has 0 heterocycles. The SMILES string of the molecule is CC(CCl)CS(=O)(=O)NCc1cccc(C(F)(F)F)c1. The summed E-state index contributed by atoms with van der Waals surface area (Å²) in [5.41, 5.74) is -0.551. The van der Waals surface area contributed by atoms with Crippen LogP contribution in [0.3, 0.4) is 0 Å². The second-order valence-electron chi connectivity index (χ2n) is 4.56. The normalized spacial score (nSPS) is 14.2. The smallest absolute Gasteiger partial charge is 0.212 e. The van der Waals surface area contributed by atoms with E-state index in [-0.39, 0.29) is 29.7 Å². The van der Waals surface area contributed by atoms with Gasteiger partial charge in [-0.1, -0.05) is 25.1 Å². The van der Waals surface area contributed by atoms with Crippen LogP contribution in [0.5, 0.6) is 0 Å². The van der Waals surface area contributed by atoms with Gasteiger partial charge in [-0.2, -0.15) is 13.2 Å². The monoisotopic (exact) mass is 329 g/mol. The molecule has 20 heavy (non-hydrogen) atoms. The van der Waals surface area contributed by atoms with E-state index in [1.165, 1.54) is 12.1 Å². The van der Waals surface area contributed by atoms with E-state index in [2.05, 4.69) is 4.72 Å². The van der Waals surface area contributed by atoms with Gasteiger partial charge in [0.05, 0.1) is 11.3 Å². The maximum absolute atomic E-state index is 12.5. The molecule has 0 aromatic heterocycles. The summed E-state index contributed by atoms with van der Waals surface area (Å²) in [4.78, 5) is 0. The standard InChI is InChI=1S/C12H15ClF3NO2S/c1-9(6-13)8-20(18,19)17-7-10-3-2-4-11(5-10)12(14,15)16/h2-5,9,17H,6-8H2,1H3. The Morgan fingerprint density at radius 2 is 2.00 bits per heavy atom. The predicted octanol–water partition coefficient (Wildman–Crippen LogP) is 3.00. The summed E-state index contributed by atoms with van der Waals surface area (Å²) in [6, 6.07) is 4.54. The lowest BCUT2D eigenvalue weighted by molar-refractivity contribution is -0.137. The number of hydrogen-bond acceptors (Lipinski definition) is 2. The van der Waals surface area contributed by atoms with Crippen LogP contribution in [0, 0.1) is 5.92 Å². The fraction of sp³-hybridized carbons (Fsp3) is 0.500. The van der Waals surface area contributed by atoms with Gasteiger partial charge in [0.1, 0.15) is 0 Å². The third-order valence-corrected chi connectivity index (χ3v) is 4.64. The molecule has 0 spiro atoms. The van der Waals surface area contributed by atoms with Gasteiger partial charge in [-0.3, -0.25) is 0 Å². The molecule has 8 heteroatoms. The first kappa shape index (κ1) is 17.3. The largest absolute Gasteiger partial charge is 0.416 e. The molecule has 1 aromatic carbocycles. The van der Waals surface area contributed by atoms with Crippen LogP contribution in [0.1, 0.15) is 18.1 Å². The molecule has 0 fully saturated rings. The fourth-order valence-electron chi connectivity index (χ4n) is 1.53. The van der Waals surface area contributed by atoms with E-state index < -0.39 is 21.8 Å². The number of alkyl halides is 4. The first-order valence-electron chi connectivity index (χ1n) is 5.83. The Morgan fingerprint density at radius 1 is 1.35 bits per heavy atom. The summed E-state index contributed by atoms with van der Waals surface area (Å²) >= 11 is 5.53. The quantitative estimate of drug-likeness (QED) is 0.815. The Labute approximate surface area is 121 Å². The minimum Gasteiger partial charge on any atom is -0.212 e. The molecule has 114 valence electrons. The summed E-state index contributed by atoms with van der Waals surface area (Å²) in [5.74, 6) is -0.185. The molecule has 1 aromatic rings. The van der Waals surface area contributed by atoms with E-state index in [9.17, 15) is 21.6 Å². The Hall–Kier alpha value is -0.790. The molecule has 1 unspecified atom stereocenters. The zero-order valence-electron chi connectivity index (χ0n) is 10.7. The molecule has 3 nitrogen and oxygen atoms in total.